The minimum atomic E-state index is -4.32. The molecule has 1 heterocycles. The van der Waals surface area contributed by atoms with Crippen LogP contribution in [0.25, 0.3) is 0 Å². The van der Waals surface area contributed by atoms with Gasteiger partial charge in [-0.2, -0.15) is 8.42 Å². The van der Waals surface area contributed by atoms with E-state index in [0.29, 0.717) is 11.4 Å². The summed E-state index contributed by atoms with van der Waals surface area (Å²) in [5.41, 5.74) is 1.32. The highest BCUT2D eigenvalue weighted by Gasteiger charge is 2.41. The van der Waals surface area contributed by atoms with Crippen LogP contribution in [0, 0.1) is 10.1 Å². The van der Waals surface area contributed by atoms with Gasteiger partial charge in [-0.1, -0.05) is 32.0 Å². The number of hydrogen-bond acceptors (Lipinski definition) is 6. The van der Waals surface area contributed by atoms with Gasteiger partial charge in [-0.25, -0.2) is 0 Å². The fourth-order valence-electron chi connectivity index (χ4n) is 3.39. The van der Waals surface area contributed by atoms with Crippen LogP contribution < -0.4 is 4.90 Å². The summed E-state index contributed by atoms with van der Waals surface area (Å²) in [7, 11) is -4.32. The van der Waals surface area contributed by atoms with Gasteiger partial charge in [-0.3, -0.25) is 19.5 Å². The van der Waals surface area contributed by atoms with Gasteiger partial charge in [0, 0.05) is 34.5 Å². The molecule has 9 heteroatoms. The summed E-state index contributed by atoms with van der Waals surface area (Å²) in [6.45, 7) is 3.78. The number of ketones is 1. The predicted molar refractivity (Wildman–Crippen MR) is 104 cm³/mol. The minimum Gasteiger partial charge on any atom is -0.327 e. The van der Waals surface area contributed by atoms with Gasteiger partial charge in [0.2, 0.25) is 0 Å². The third kappa shape index (κ3) is 3.67. The highest BCUT2D eigenvalue weighted by Crippen LogP contribution is 2.47. The van der Waals surface area contributed by atoms with E-state index in [9.17, 15) is 27.9 Å². The first kappa shape index (κ1) is 19.7. The quantitative estimate of drug-likeness (QED) is 0.356. The Balaban J connectivity index is 2.11. The molecule has 0 bridgehead atoms. The average molecular weight is 402 g/mol. The topological polar surface area (TPSA) is 118 Å². The summed E-state index contributed by atoms with van der Waals surface area (Å²) in [4.78, 5) is 23.9. The van der Waals surface area contributed by atoms with Crippen molar-refractivity contribution in [2.75, 3.05) is 10.8 Å². The van der Waals surface area contributed by atoms with Crippen molar-refractivity contribution in [1.82, 2.24) is 0 Å². The number of fused-ring (bicyclic) bond motifs is 1. The molecular weight excluding hydrogens is 384 g/mol. The molecule has 1 aliphatic heterocycles. The van der Waals surface area contributed by atoms with Crippen LogP contribution in [0.15, 0.2) is 71.6 Å². The van der Waals surface area contributed by atoms with Gasteiger partial charge < -0.3 is 4.90 Å². The number of allylic oxidation sites excluding steroid dienone is 7. The molecule has 0 radical (unpaired) electrons. The van der Waals surface area contributed by atoms with Gasteiger partial charge in [-0.15, -0.1) is 0 Å². The Morgan fingerprint density at radius 3 is 2.54 bits per heavy atom. The zero-order valence-corrected chi connectivity index (χ0v) is 16.0. The van der Waals surface area contributed by atoms with Crippen molar-refractivity contribution in [1.29, 1.82) is 0 Å². The van der Waals surface area contributed by atoms with E-state index < -0.39 is 32.1 Å². The Hall–Kier alpha value is -3.04. The molecule has 0 atom stereocenters. The van der Waals surface area contributed by atoms with Gasteiger partial charge in [0.1, 0.15) is 0 Å². The summed E-state index contributed by atoms with van der Waals surface area (Å²) in [5, 5.41) is 11.0. The summed E-state index contributed by atoms with van der Waals surface area (Å²) in [6.07, 6.45) is 6.41. The molecule has 0 aromatic heterocycles. The van der Waals surface area contributed by atoms with Gasteiger partial charge in [0.15, 0.2) is 11.7 Å². The number of anilines is 1. The van der Waals surface area contributed by atoms with Crippen LogP contribution in [0.4, 0.5) is 5.69 Å². The summed E-state index contributed by atoms with van der Waals surface area (Å²) < 4.78 is 32.5. The lowest BCUT2D eigenvalue weighted by Crippen LogP contribution is -2.30. The van der Waals surface area contributed by atoms with Crippen LogP contribution in [0.2, 0.25) is 0 Å². The largest absolute Gasteiger partial charge is 0.327 e. The normalized spacial score (nSPS) is 21.2. The molecule has 28 heavy (non-hydrogen) atoms. The maximum Gasteiger partial charge on any atom is 0.283 e. The van der Waals surface area contributed by atoms with Crippen LogP contribution in [0.5, 0.6) is 0 Å². The zero-order valence-electron chi connectivity index (χ0n) is 15.2. The lowest BCUT2D eigenvalue weighted by atomic mass is 9.83. The van der Waals surface area contributed by atoms with E-state index in [0.717, 1.165) is 17.7 Å². The highest BCUT2D eigenvalue weighted by molar-refractivity contribution is 7.85. The van der Waals surface area contributed by atoms with Crippen molar-refractivity contribution in [2.24, 2.45) is 0 Å². The molecule has 0 unspecified atom stereocenters. The predicted octanol–water partition coefficient (Wildman–Crippen LogP) is 2.74. The van der Waals surface area contributed by atoms with Crippen LogP contribution in [0.3, 0.4) is 0 Å². The van der Waals surface area contributed by atoms with Crippen LogP contribution in [0.1, 0.15) is 19.4 Å². The molecule has 146 valence electrons. The standard InChI is InChI=1S/C19H18N2O6S/c1-19(2)15-5-3-4-6-16(15)20(12-28(25,26)27)18(19)10-7-13-11-14(21(23)24)8-9-17(13)22/h3-11H,12H2,1-2H3,(H,25,26,27)/b13-7-,18-10+. The third-order valence-corrected chi connectivity index (χ3v) is 5.30. The molecule has 0 saturated heterocycles. The molecule has 1 aromatic rings. The maximum absolute atomic E-state index is 12.1. The molecule has 0 fully saturated rings. The zero-order chi connectivity index (χ0) is 20.7. The molecule has 1 aliphatic carbocycles. The van der Waals surface area contributed by atoms with Gasteiger partial charge in [-0.05, 0) is 29.9 Å². The van der Waals surface area contributed by atoms with Crippen molar-refractivity contribution in [2.45, 2.75) is 19.3 Å². The number of benzene rings is 1. The van der Waals surface area contributed by atoms with Crippen molar-refractivity contribution < 1.29 is 22.7 Å². The molecule has 3 rings (SSSR count). The number of nitro groups is 1. The lowest BCUT2D eigenvalue weighted by molar-refractivity contribution is -0.419. The average Bonchev–Trinajstić information content (AvgIpc) is 2.80. The Morgan fingerprint density at radius 2 is 1.89 bits per heavy atom. The van der Waals surface area contributed by atoms with E-state index in [1.165, 1.54) is 17.1 Å². The van der Waals surface area contributed by atoms with E-state index in [2.05, 4.69) is 0 Å². The Kier molecular flexibility index (Phi) is 4.82. The Bertz CT molecular complexity index is 1090. The second-order valence-electron chi connectivity index (χ2n) is 6.98. The molecule has 0 saturated carbocycles. The van der Waals surface area contributed by atoms with Crippen molar-refractivity contribution >= 4 is 21.6 Å². The highest BCUT2D eigenvalue weighted by atomic mass is 32.2. The molecular formula is C19H18N2O6S. The molecule has 1 N–H and O–H groups in total. The van der Waals surface area contributed by atoms with E-state index >= 15 is 0 Å². The minimum absolute atomic E-state index is 0.111. The van der Waals surface area contributed by atoms with E-state index in [-0.39, 0.29) is 11.3 Å². The van der Waals surface area contributed by atoms with Gasteiger partial charge in [0.05, 0.1) is 4.92 Å². The molecule has 2 aliphatic rings. The van der Waals surface area contributed by atoms with Crippen molar-refractivity contribution in [3.8, 4) is 0 Å². The summed E-state index contributed by atoms with van der Waals surface area (Å²) >= 11 is 0. The second kappa shape index (κ2) is 6.84. The number of rotatable bonds is 4. The van der Waals surface area contributed by atoms with Crippen LogP contribution in [-0.2, 0) is 20.3 Å². The van der Waals surface area contributed by atoms with E-state index in [4.69, 9.17) is 0 Å². The number of carbonyl (C=O) groups excluding carboxylic acids is 1. The fraction of sp³-hybridized carbons (Fsp3) is 0.211. The van der Waals surface area contributed by atoms with Gasteiger partial charge in [0.25, 0.3) is 15.8 Å². The number of para-hydroxylation sites is 1. The van der Waals surface area contributed by atoms with Crippen molar-refractivity contribution in [3.05, 3.63) is 87.3 Å². The smallest absolute Gasteiger partial charge is 0.283 e. The summed E-state index contributed by atoms with van der Waals surface area (Å²) in [6, 6.07) is 7.19. The lowest BCUT2D eigenvalue weighted by Gasteiger charge is -2.26. The third-order valence-electron chi connectivity index (χ3n) is 4.72. The Morgan fingerprint density at radius 1 is 1.21 bits per heavy atom. The first-order chi connectivity index (χ1) is 13.0. The van der Waals surface area contributed by atoms with Crippen LogP contribution in [-0.4, -0.2) is 29.6 Å². The van der Waals surface area contributed by atoms with E-state index in [1.54, 1.807) is 18.2 Å². The molecule has 0 amide bonds. The molecule has 8 nitrogen and oxygen atoms in total. The molecule has 0 spiro atoms. The second-order valence-corrected chi connectivity index (χ2v) is 8.40. The number of hydrogen-bond donors (Lipinski definition) is 1. The maximum atomic E-state index is 12.1. The monoisotopic (exact) mass is 402 g/mol. The number of carbonyl (C=O) groups is 1. The first-order valence-electron chi connectivity index (χ1n) is 8.34. The first-order valence-corrected chi connectivity index (χ1v) is 9.95. The summed E-state index contributed by atoms with van der Waals surface area (Å²) in [5.74, 6) is -1.04. The van der Waals surface area contributed by atoms with Gasteiger partial charge >= 0.3 is 0 Å². The van der Waals surface area contributed by atoms with E-state index in [1.807, 2.05) is 26.0 Å². The number of nitrogens with zero attached hydrogens (tertiary/aromatic N) is 2. The SMILES string of the molecule is CC1(C)/C(=C\C=C2\C=C([N+](=O)[O-])C=CC2=O)N(CS(=O)(=O)O)c2ccccc21. The Labute approximate surface area is 162 Å². The van der Waals surface area contributed by atoms with Crippen molar-refractivity contribution in [3.63, 3.8) is 0 Å². The fourth-order valence-corrected chi connectivity index (χ4v) is 4.00. The van der Waals surface area contributed by atoms with Crippen LogP contribution >= 0.6 is 0 Å². The molecule has 1 aromatic carbocycles.